The van der Waals surface area contributed by atoms with Gasteiger partial charge in [-0.1, -0.05) is 51.3 Å². The Morgan fingerprint density at radius 3 is 2.52 bits per heavy atom. The lowest BCUT2D eigenvalue weighted by Crippen LogP contribution is -2.43. The van der Waals surface area contributed by atoms with Crippen molar-refractivity contribution in [2.75, 3.05) is 11.9 Å². The van der Waals surface area contributed by atoms with Crippen LogP contribution in [0, 0.1) is 0 Å². The lowest BCUT2D eigenvalue weighted by molar-refractivity contribution is -0.119. The van der Waals surface area contributed by atoms with Gasteiger partial charge in [0, 0.05) is 22.1 Å². The number of sulfonamides is 1. The highest BCUT2D eigenvalue weighted by Crippen LogP contribution is 2.33. The number of hydrogen-bond acceptors (Lipinski definition) is 5. The van der Waals surface area contributed by atoms with Crippen molar-refractivity contribution in [3.63, 3.8) is 0 Å². The van der Waals surface area contributed by atoms with Crippen LogP contribution in [0.5, 0.6) is 0 Å². The van der Waals surface area contributed by atoms with Crippen molar-refractivity contribution < 1.29 is 18.0 Å². The molecule has 0 spiro atoms. The average Bonchev–Trinajstić information content (AvgIpc) is 3.45. The second-order valence-corrected chi connectivity index (χ2v) is 12.5. The van der Waals surface area contributed by atoms with E-state index < -0.39 is 22.0 Å². The lowest BCUT2D eigenvalue weighted by atomic mass is 10.0. The van der Waals surface area contributed by atoms with Crippen LogP contribution in [0.4, 0.5) is 5.69 Å². The van der Waals surface area contributed by atoms with Crippen LogP contribution in [0.1, 0.15) is 28.8 Å². The predicted molar refractivity (Wildman–Crippen MR) is 134 cm³/mol. The van der Waals surface area contributed by atoms with E-state index in [1.54, 1.807) is 42.5 Å². The van der Waals surface area contributed by atoms with Crippen LogP contribution < -0.4 is 5.32 Å². The van der Waals surface area contributed by atoms with Crippen LogP contribution in [0.2, 0.25) is 9.36 Å². The molecule has 4 rings (SSSR count). The van der Waals surface area contributed by atoms with Gasteiger partial charge in [-0.25, -0.2) is 8.42 Å². The summed E-state index contributed by atoms with van der Waals surface area (Å²) in [5, 5.41) is 3.05. The first-order valence-electron chi connectivity index (χ1n) is 9.85. The third kappa shape index (κ3) is 5.03. The molecule has 1 amide bonds. The summed E-state index contributed by atoms with van der Waals surface area (Å²) in [5.41, 5.74) is 0.812. The smallest absolute Gasteiger partial charge is 0.253 e. The van der Waals surface area contributed by atoms with E-state index in [1.165, 1.54) is 16.4 Å². The highest BCUT2D eigenvalue weighted by atomic mass is 79.9. The van der Waals surface area contributed by atoms with Gasteiger partial charge < -0.3 is 5.32 Å². The Kier molecular flexibility index (Phi) is 7.28. The van der Waals surface area contributed by atoms with E-state index in [1.807, 2.05) is 0 Å². The van der Waals surface area contributed by atoms with Crippen LogP contribution in [0.15, 0.2) is 63.3 Å². The monoisotopic (exact) mass is 586 g/mol. The summed E-state index contributed by atoms with van der Waals surface area (Å²) in [6.45, 7) is 0.224. The van der Waals surface area contributed by atoms with Gasteiger partial charge in [0.05, 0.1) is 15.0 Å². The maximum absolute atomic E-state index is 13.2. The van der Waals surface area contributed by atoms with E-state index in [9.17, 15) is 18.0 Å². The molecule has 1 N–H and O–H groups in total. The Morgan fingerprint density at radius 2 is 1.82 bits per heavy atom. The van der Waals surface area contributed by atoms with E-state index in [0.29, 0.717) is 32.2 Å². The van der Waals surface area contributed by atoms with Gasteiger partial charge in [-0.2, -0.15) is 4.31 Å². The normalized spacial score (nSPS) is 16.6. The van der Waals surface area contributed by atoms with Crippen molar-refractivity contribution in [2.45, 2.75) is 23.1 Å². The summed E-state index contributed by atoms with van der Waals surface area (Å²) < 4.78 is 28.4. The molecule has 0 radical (unpaired) electrons. The number of rotatable bonds is 6. The van der Waals surface area contributed by atoms with Gasteiger partial charge in [0.2, 0.25) is 5.91 Å². The van der Waals surface area contributed by atoms with Crippen molar-refractivity contribution in [3.05, 3.63) is 79.6 Å². The molecule has 6 nitrogen and oxygen atoms in total. The predicted octanol–water partition coefficient (Wildman–Crippen LogP) is 5.84. The van der Waals surface area contributed by atoms with E-state index >= 15 is 0 Å². The fourth-order valence-electron chi connectivity index (χ4n) is 3.66. The van der Waals surface area contributed by atoms with Crippen molar-refractivity contribution in [1.82, 2.24) is 4.31 Å². The number of halogens is 3. The number of thiophene rings is 1. The minimum atomic E-state index is -3.87. The minimum Gasteiger partial charge on any atom is -0.324 e. The van der Waals surface area contributed by atoms with Crippen LogP contribution >= 0.6 is 50.5 Å². The maximum atomic E-state index is 13.2. The maximum Gasteiger partial charge on any atom is 0.253 e. The molecule has 1 atom stereocenters. The average molecular weight is 588 g/mol. The van der Waals surface area contributed by atoms with Crippen LogP contribution in [0.3, 0.4) is 0 Å². The van der Waals surface area contributed by atoms with E-state index in [-0.39, 0.29) is 27.8 Å². The van der Waals surface area contributed by atoms with Gasteiger partial charge in [-0.05, 0) is 55.3 Å². The second-order valence-electron chi connectivity index (χ2n) is 7.32. The summed E-state index contributed by atoms with van der Waals surface area (Å²) >= 11 is 16.4. The molecule has 1 aromatic heterocycles. The van der Waals surface area contributed by atoms with E-state index in [4.69, 9.17) is 23.2 Å². The second kappa shape index (κ2) is 9.85. The highest BCUT2D eigenvalue weighted by molar-refractivity contribution is 9.10. The van der Waals surface area contributed by atoms with Crippen LogP contribution in [0.25, 0.3) is 0 Å². The number of amides is 1. The Hall–Kier alpha value is -1.75. The largest absolute Gasteiger partial charge is 0.324 e. The van der Waals surface area contributed by atoms with Gasteiger partial charge in [-0.3, -0.25) is 9.59 Å². The molecule has 0 saturated carbocycles. The number of carbonyl (C=O) groups is 2. The summed E-state index contributed by atoms with van der Waals surface area (Å²) in [5.74, 6) is -0.865. The molecule has 1 aliphatic rings. The molecule has 1 aliphatic heterocycles. The van der Waals surface area contributed by atoms with E-state index in [2.05, 4.69) is 21.2 Å². The van der Waals surface area contributed by atoms with Crippen molar-refractivity contribution in [2.24, 2.45) is 0 Å². The third-order valence-corrected chi connectivity index (χ3v) is 9.65. The zero-order valence-corrected chi connectivity index (χ0v) is 21.7. The molecule has 1 unspecified atom stereocenters. The number of benzene rings is 2. The minimum absolute atomic E-state index is 0.0884. The molecule has 3 aromatic rings. The van der Waals surface area contributed by atoms with Gasteiger partial charge in [-0.15, -0.1) is 11.3 Å². The van der Waals surface area contributed by atoms with Crippen LogP contribution in [-0.2, 0) is 14.8 Å². The Morgan fingerprint density at radius 1 is 1.06 bits per heavy atom. The summed E-state index contributed by atoms with van der Waals surface area (Å²) in [7, 11) is -3.87. The molecular formula is C22H17BrCl2N2O4S2. The Bertz CT molecular complexity index is 1340. The number of nitrogens with zero attached hydrogens (tertiary/aromatic N) is 1. The molecule has 1 fully saturated rings. The first-order chi connectivity index (χ1) is 15.7. The molecule has 11 heteroatoms. The molecule has 0 aliphatic carbocycles. The van der Waals surface area contributed by atoms with Crippen molar-refractivity contribution >= 4 is 77.9 Å². The summed E-state index contributed by atoms with van der Waals surface area (Å²) in [6.07, 6.45) is 0.913. The summed E-state index contributed by atoms with van der Waals surface area (Å²) in [4.78, 5) is 26.4. The first kappa shape index (κ1) is 24.4. The van der Waals surface area contributed by atoms with Gasteiger partial charge in [0.25, 0.3) is 10.0 Å². The molecule has 0 bridgehead atoms. The molecule has 172 valence electrons. The quantitative estimate of drug-likeness (QED) is 0.367. The Labute approximate surface area is 213 Å². The van der Waals surface area contributed by atoms with E-state index in [0.717, 1.165) is 11.3 Å². The standard InChI is InChI=1S/C22H17BrCl2N2O4S2/c23-13-7-8-17(15(12-13)21(28)14-4-1-2-5-16(14)24)26-22(29)18-6-3-11-27(18)33(30,31)20-10-9-19(25)32-20/h1-2,4-5,7-10,12,18H,3,6,11H2,(H,26,29). The van der Waals surface area contributed by atoms with Gasteiger partial charge >= 0.3 is 0 Å². The molecule has 2 aromatic carbocycles. The lowest BCUT2D eigenvalue weighted by Gasteiger charge is -2.23. The van der Waals surface area contributed by atoms with Gasteiger partial charge in [0.15, 0.2) is 5.78 Å². The van der Waals surface area contributed by atoms with Crippen molar-refractivity contribution in [1.29, 1.82) is 0 Å². The number of hydrogen-bond donors (Lipinski definition) is 1. The third-order valence-electron chi connectivity index (χ3n) is 5.22. The number of anilines is 1. The number of nitrogens with one attached hydrogen (secondary N) is 1. The SMILES string of the molecule is O=C(c1ccccc1Cl)c1cc(Br)ccc1NC(=O)C1CCCN1S(=O)(=O)c1ccc(Cl)s1. The molecule has 1 saturated heterocycles. The zero-order valence-electron chi connectivity index (χ0n) is 16.9. The first-order valence-corrected chi connectivity index (χ1v) is 13.7. The zero-order chi connectivity index (χ0) is 23.8. The van der Waals surface area contributed by atoms with Gasteiger partial charge in [0.1, 0.15) is 10.3 Å². The fraction of sp³-hybridized carbons (Fsp3) is 0.182. The van der Waals surface area contributed by atoms with Crippen molar-refractivity contribution in [3.8, 4) is 0 Å². The summed E-state index contributed by atoms with van der Waals surface area (Å²) in [6, 6.07) is 13.6. The Balaban J connectivity index is 1.62. The number of carbonyl (C=O) groups excluding carboxylic acids is 2. The fourth-order valence-corrected chi connectivity index (χ4v) is 7.51. The topological polar surface area (TPSA) is 83.6 Å². The number of ketones is 1. The van der Waals surface area contributed by atoms with Crippen LogP contribution in [-0.4, -0.2) is 37.0 Å². The molecular weight excluding hydrogens is 571 g/mol. The molecule has 2 heterocycles. The molecule has 33 heavy (non-hydrogen) atoms. The highest BCUT2D eigenvalue weighted by Gasteiger charge is 2.40.